The Labute approximate surface area is 150 Å². The van der Waals surface area contributed by atoms with Gasteiger partial charge in [-0.15, -0.1) is 0 Å². The Morgan fingerprint density at radius 3 is 2.77 bits per heavy atom. The summed E-state index contributed by atoms with van der Waals surface area (Å²) in [6.45, 7) is 4.21. The molecule has 7 nitrogen and oxygen atoms in total. The normalized spacial score (nSPS) is 11.1. The first-order valence-corrected chi connectivity index (χ1v) is 8.36. The highest BCUT2D eigenvalue weighted by Crippen LogP contribution is 2.19. The number of aromatic nitrogens is 2. The van der Waals surface area contributed by atoms with Gasteiger partial charge in [0.15, 0.2) is 6.61 Å². The topological polar surface area (TPSA) is 77.6 Å². The van der Waals surface area contributed by atoms with Crippen molar-refractivity contribution in [2.45, 2.75) is 26.4 Å². The van der Waals surface area contributed by atoms with Gasteiger partial charge in [0, 0.05) is 43.0 Å². The average Bonchev–Trinajstić information content (AvgIpc) is 3.01. The van der Waals surface area contributed by atoms with E-state index in [4.69, 9.17) is 9.15 Å². The van der Waals surface area contributed by atoms with Crippen LogP contribution in [-0.2, 0) is 18.4 Å². The summed E-state index contributed by atoms with van der Waals surface area (Å²) in [5.41, 5.74) is 0.00273. The summed E-state index contributed by atoms with van der Waals surface area (Å²) in [7, 11) is 1.89. The maximum absolute atomic E-state index is 12.6. The average molecular weight is 355 g/mol. The lowest BCUT2D eigenvalue weighted by molar-refractivity contribution is -0.135. The maximum Gasteiger partial charge on any atom is 0.336 e. The highest BCUT2D eigenvalue weighted by molar-refractivity contribution is 5.79. The van der Waals surface area contributed by atoms with E-state index in [1.807, 2.05) is 31.7 Å². The quantitative estimate of drug-likeness (QED) is 0.634. The van der Waals surface area contributed by atoms with E-state index < -0.39 is 5.63 Å². The van der Waals surface area contributed by atoms with E-state index in [1.165, 1.54) is 6.07 Å². The summed E-state index contributed by atoms with van der Waals surface area (Å²) in [5.74, 6) is 1.14. The molecule has 1 aromatic carbocycles. The van der Waals surface area contributed by atoms with E-state index in [9.17, 15) is 9.59 Å². The number of fused-ring (bicyclic) bond motifs is 1. The fourth-order valence-electron chi connectivity index (χ4n) is 2.62. The summed E-state index contributed by atoms with van der Waals surface area (Å²) in [5, 5.41) is 0.793. The van der Waals surface area contributed by atoms with Gasteiger partial charge in [0.05, 0.1) is 6.54 Å². The molecular weight excluding hydrogens is 334 g/mol. The van der Waals surface area contributed by atoms with Crippen LogP contribution in [0.25, 0.3) is 11.0 Å². The molecule has 0 bridgehead atoms. The van der Waals surface area contributed by atoms with Crippen molar-refractivity contribution < 1.29 is 13.9 Å². The van der Waals surface area contributed by atoms with E-state index in [1.54, 1.807) is 35.4 Å². The van der Waals surface area contributed by atoms with Crippen LogP contribution < -0.4 is 10.4 Å². The second-order valence-electron chi connectivity index (χ2n) is 6.31. The van der Waals surface area contributed by atoms with Gasteiger partial charge in [-0.05, 0) is 32.0 Å². The van der Waals surface area contributed by atoms with Crippen molar-refractivity contribution in [3.8, 4) is 5.75 Å². The number of hydrogen-bond acceptors (Lipinski definition) is 5. The predicted molar refractivity (Wildman–Crippen MR) is 96.9 cm³/mol. The van der Waals surface area contributed by atoms with Crippen LogP contribution in [0.15, 0.2) is 51.9 Å². The van der Waals surface area contributed by atoms with Crippen molar-refractivity contribution in [1.82, 2.24) is 14.5 Å². The minimum atomic E-state index is -0.424. The molecule has 26 heavy (non-hydrogen) atoms. The second-order valence-corrected chi connectivity index (χ2v) is 6.31. The number of ether oxygens (including phenoxy) is 1. The Kier molecular flexibility index (Phi) is 5.06. The molecule has 0 radical (unpaired) electrons. The zero-order valence-corrected chi connectivity index (χ0v) is 15.0. The molecule has 0 atom stereocenters. The van der Waals surface area contributed by atoms with Gasteiger partial charge in [0.2, 0.25) is 0 Å². The monoisotopic (exact) mass is 355 g/mol. The smallest absolute Gasteiger partial charge is 0.336 e. The lowest BCUT2D eigenvalue weighted by Crippen LogP contribution is -2.40. The molecule has 0 aliphatic carbocycles. The maximum atomic E-state index is 12.6. The number of carbonyl (C=O) groups excluding carboxylic acids is 1. The SMILES string of the molecule is CC(C)N(Cc1nccn1C)C(=O)COc1ccc2ccc(=O)oc2c1. The Bertz CT molecular complexity index is 974. The number of benzene rings is 1. The van der Waals surface area contributed by atoms with E-state index >= 15 is 0 Å². The minimum absolute atomic E-state index is 0.0115. The molecule has 0 unspecified atom stereocenters. The molecule has 3 rings (SSSR count). The van der Waals surface area contributed by atoms with Gasteiger partial charge in [-0.2, -0.15) is 0 Å². The van der Waals surface area contributed by atoms with Crippen molar-refractivity contribution in [2.24, 2.45) is 7.05 Å². The summed E-state index contributed by atoms with van der Waals surface area (Å²) in [6, 6.07) is 8.20. The number of imidazole rings is 1. The van der Waals surface area contributed by atoms with Gasteiger partial charge < -0.3 is 18.6 Å². The molecule has 0 spiro atoms. The van der Waals surface area contributed by atoms with Crippen LogP contribution in [0.2, 0.25) is 0 Å². The molecule has 136 valence electrons. The Balaban J connectivity index is 1.70. The highest BCUT2D eigenvalue weighted by atomic mass is 16.5. The third-order valence-electron chi connectivity index (χ3n) is 4.13. The molecule has 0 fully saturated rings. The fraction of sp³-hybridized carbons (Fsp3) is 0.316. The van der Waals surface area contributed by atoms with Crippen LogP contribution in [0.3, 0.4) is 0 Å². The molecule has 0 N–H and O–H groups in total. The van der Waals surface area contributed by atoms with Gasteiger partial charge in [-0.1, -0.05) is 0 Å². The molecule has 2 aromatic heterocycles. The van der Waals surface area contributed by atoms with Crippen LogP contribution in [-0.4, -0.2) is 33.0 Å². The van der Waals surface area contributed by atoms with Crippen molar-refractivity contribution in [3.63, 3.8) is 0 Å². The van der Waals surface area contributed by atoms with E-state index in [2.05, 4.69) is 4.98 Å². The minimum Gasteiger partial charge on any atom is -0.484 e. The molecule has 0 aliphatic heterocycles. The van der Waals surface area contributed by atoms with Crippen molar-refractivity contribution >= 4 is 16.9 Å². The number of carbonyl (C=O) groups is 1. The van der Waals surface area contributed by atoms with E-state index in [-0.39, 0.29) is 18.6 Å². The molecule has 0 saturated heterocycles. The third-order valence-corrected chi connectivity index (χ3v) is 4.13. The predicted octanol–water partition coefficient (Wildman–Crippen LogP) is 2.34. The fourth-order valence-corrected chi connectivity index (χ4v) is 2.62. The zero-order valence-electron chi connectivity index (χ0n) is 15.0. The molecular formula is C19H21N3O4. The van der Waals surface area contributed by atoms with Crippen LogP contribution in [0, 0.1) is 0 Å². The van der Waals surface area contributed by atoms with E-state index in [0.717, 1.165) is 11.2 Å². The van der Waals surface area contributed by atoms with Gasteiger partial charge in [-0.3, -0.25) is 4.79 Å². The lowest BCUT2D eigenvalue weighted by Gasteiger charge is -2.26. The van der Waals surface area contributed by atoms with Crippen LogP contribution >= 0.6 is 0 Å². The molecule has 2 heterocycles. The van der Waals surface area contributed by atoms with Crippen LogP contribution in [0.5, 0.6) is 5.75 Å². The standard InChI is InChI=1S/C19H21N3O4/c1-13(2)22(11-17-20-8-9-21(17)3)18(23)12-25-15-6-4-14-5-7-19(24)26-16(14)10-15/h4-10,13H,11-12H2,1-3H3. The first kappa shape index (κ1) is 17.7. The number of nitrogens with zero attached hydrogens (tertiary/aromatic N) is 3. The van der Waals surface area contributed by atoms with Gasteiger partial charge in [0.1, 0.15) is 17.2 Å². The number of hydrogen-bond donors (Lipinski definition) is 0. The first-order chi connectivity index (χ1) is 12.4. The summed E-state index contributed by atoms with van der Waals surface area (Å²) in [6.07, 6.45) is 3.55. The van der Waals surface area contributed by atoms with E-state index in [0.29, 0.717) is 17.9 Å². The van der Waals surface area contributed by atoms with Crippen molar-refractivity contribution in [2.75, 3.05) is 6.61 Å². The first-order valence-electron chi connectivity index (χ1n) is 8.36. The summed E-state index contributed by atoms with van der Waals surface area (Å²) < 4.78 is 12.6. The lowest BCUT2D eigenvalue weighted by atomic mass is 10.2. The summed E-state index contributed by atoms with van der Waals surface area (Å²) in [4.78, 5) is 29.9. The van der Waals surface area contributed by atoms with Crippen molar-refractivity contribution in [1.29, 1.82) is 0 Å². The second kappa shape index (κ2) is 7.43. The summed E-state index contributed by atoms with van der Waals surface area (Å²) >= 11 is 0. The zero-order chi connectivity index (χ0) is 18.7. The van der Waals surface area contributed by atoms with Gasteiger partial charge in [-0.25, -0.2) is 9.78 Å². The van der Waals surface area contributed by atoms with Gasteiger partial charge >= 0.3 is 5.63 Å². The molecule has 1 amide bonds. The Morgan fingerprint density at radius 2 is 2.08 bits per heavy atom. The Hall–Kier alpha value is -3.09. The largest absolute Gasteiger partial charge is 0.484 e. The number of aryl methyl sites for hydroxylation is 1. The highest BCUT2D eigenvalue weighted by Gasteiger charge is 2.19. The molecule has 0 aliphatic rings. The third kappa shape index (κ3) is 3.93. The number of rotatable bonds is 6. The molecule has 0 saturated carbocycles. The molecule has 7 heteroatoms. The van der Waals surface area contributed by atoms with Crippen molar-refractivity contribution in [3.05, 3.63) is 59.0 Å². The Morgan fingerprint density at radius 1 is 1.31 bits per heavy atom. The van der Waals surface area contributed by atoms with Gasteiger partial charge in [0.25, 0.3) is 5.91 Å². The van der Waals surface area contributed by atoms with Crippen LogP contribution in [0.1, 0.15) is 19.7 Å². The molecule has 3 aromatic rings. The number of amides is 1. The van der Waals surface area contributed by atoms with Crippen LogP contribution in [0.4, 0.5) is 0 Å².